The van der Waals surface area contributed by atoms with Crippen molar-refractivity contribution in [2.24, 2.45) is 0 Å². The molecule has 0 saturated heterocycles. The molecule has 1 aromatic heterocycles. The number of benzene rings is 1. The van der Waals surface area contributed by atoms with Crippen LogP contribution in [0, 0.1) is 0 Å². The van der Waals surface area contributed by atoms with E-state index in [1.54, 1.807) is 0 Å². The zero-order chi connectivity index (χ0) is 15.9. The topological polar surface area (TPSA) is 68.0 Å². The maximum Gasteiger partial charge on any atom is 0.416 e. The van der Waals surface area contributed by atoms with Crippen molar-refractivity contribution in [3.05, 3.63) is 35.7 Å². The molecular weight excluding hydrogens is 299 g/mol. The largest absolute Gasteiger partial charge is 0.480 e. The van der Waals surface area contributed by atoms with Crippen LogP contribution in [0.1, 0.15) is 30.3 Å². The number of carboxylic acids is 1. The third kappa shape index (κ3) is 2.44. The number of fused-ring (bicyclic) bond motifs is 1. The van der Waals surface area contributed by atoms with Crippen molar-refractivity contribution in [3.8, 4) is 11.4 Å². The fraction of sp³-hybridized carbons (Fsp3) is 0.357. The summed E-state index contributed by atoms with van der Waals surface area (Å²) in [5.74, 6) is -0.381. The Bertz CT molecular complexity index is 724. The van der Waals surface area contributed by atoms with Gasteiger partial charge in [-0.15, -0.1) is 10.2 Å². The molecule has 116 valence electrons. The van der Waals surface area contributed by atoms with Gasteiger partial charge in [-0.2, -0.15) is 13.2 Å². The number of hydrogen-bond acceptors (Lipinski definition) is 3. The predicted molar refractivity (Wildman–Crippen MR) is 70.1 cm³/mol. The summed E-state index contributed by atoms with van der Waals surface area (Å²) >= 11 is 0. The quantitative estimate of drug-likeness (QED) is 0.926. The second kappa shape index (κ2) is 5.11. The molecule has 2 heterocycles. The number of carbonyl (C=O) groups is 1. The first-order valence-corrected chi connectivity index (χ1v) is 6.72. The first kappa shape index (κ1) is 14.6. The van der Waals surface area contributed by atoms with Gasteiger partial charge in [-0.3, -0.25) is 4.57 Å². The number of aryl methyl sites for hydroxylation is 1. The maximum absolute atomic E-state index is 12.8. The molecule has 1 aromatic carbocycles. The minimum atomic E-state index is -4.47. The van der Waals surface area contributed by atoms with Crippen molar-refractivity contribution in [1.82, 2.24) is 14.8 Å². The lowest BCUT2D eigenvalue weighted by Gasteiger charge is -2.22. The molecule has 0 amide bonds. The zero-order valence-electron chi connectivity index (χ0n) is 11.3. The van der Waals surface area contributed by atoms with Gasteiger partial charge in [-0.25, -0.2) is 4.79 Å². The van der Waals surface area contributed by atoms with Crippen LogP contribution in [0.15, 0.2) is 24.3 Å². The van der Waals surface area contributed by atoms with Crippen LogP contribution in [0.5, 0.6) is 0 Å². The summed E-state index contributed by atoms with van der Waals surface area (Å²) in [6.07, 6.45) is -2.83. The Labute approximate surface area is 123 Å². The van der Waals surface area contributed by atoms with Gasteiger partial charge in [0.15, 0.2) is 5.82 Å². The minimum absolute atomic E-state index is 0.160. The van der Waals surface area contributed by atoms with E-state index >= 15 is 0 Å². The maximum atomic E-state index is 12.8. The summed E-state index contributed by atoms with van der Waals surface area (Å²) in [5.41, 5.74) is -0.591. The van der Waals surface area contributed by atoms with Gasteiger partial charge in [0.25, 0.3) is 0 Å². The number of alkyl halides is 3. The third-order valence-electron chi connectivity index (χ3n) is 3.69. The number of aliphatic carboxylic acids is 1. The monoisotopic (exact) mass is 311 g/mol. The van der Waals surface area contributed by atoms with E-state index in [1.165, 1.54) is 16.7 Å². The summed E-state index contributed by atoms with van der Waals surface area (Å²) < 4.78 is 39.9. The highest BCUT2D eigenvalue weighted by molar-refractivity contribution is 5.73. The molecule has 5 nitrogen and oxygen atoms in total. The van der Waals surface area contributed by atoms with E-state index in [9.17, 15) is 23.1 Å². The molecule has 22 heavy (non-hydrogen) atoms. The lowest BCUT2D eigenvalue weighted by molar-refractivity contribution is -0.141. The molecule has 1 atom stereocenters. The summed E-state index contributed by atoms with van der Waals surface area (Å²) in [5, 5.41) is 17.1. The second-order valence-corrected chi connectivity index (χ2v) is 5.13. The van der Waals surface area contributed by atoms with E-state index in [2.05, 4.69) is 10.2 Å². The summed E-state index contributed by atoms with van der Waals surface area (Å²) in [6, 6.07) is 3.83. The van der Waals surface area contributed by atoms with Crippen molar-refractivity contribution in [2.45, 2.75) is 31.5 Å². The number of halogens is 3. The summed E-state index contributed by atoms with van der Waals surface area (Å²) in [4.78, 5) is 11.4. The molecule has 0 spiro atoms. The fourth-order valence-corrected chi connectivity index (χ4v) is 2.67. The van der Waals surface area contributed by atoms with Crippen LogP contribution in [0.25, 0.3) is 11.4 Å². The first-order valence-electron chi connectivity index (χ1n) is 6.72. The Balaban J connectivity index is 2.11. The molecule has 0 radical (unpaired) electrons. The van der Waals surface area contributed by atoms with Gasteiger partial charge >= 0.3 is 12.1 Å². The van der Waals surface area contributed by atoms with Crippen LogP contribution in [-0.2, 0) is 17.4 Å². The average Bonchev–Trinajstić information content (AvgIpc) is 2.90. The van der Waals surface area contributed by atoms with Crippen molar-refractivity contribution in [3.63, 3.8) is 0 Å². The van der Waals surface area contributed by atoms with Crippen LogP contribution in [-0.4, -0.2) is 25.8 Å². The normalized spacial score (nSPS) is 18.0. The standard InChI is InChI=1S/C14H12F3N3O2/c15-14(16,17)9-4-1-3-8(7-9)12-19-18-11-6-2-5-10(13(21)22)20(11)12/h1,3-4,7,10H,2,5-6H2,(H,21,22). The predicted octanol–water partition coefficient (Wildman–Crippen LogP) is 2.93. The molecule has 3 rings (SSSR count). The summed E-state index contributed by atoms with van der Waals surface area (Å²) in [7, 11) is 0. The van der Waals surface area contributed by atoms with Crippen LogP contribution in [0.4, 0.5) is 13.2 Å². The first-order chi connectivity index (χ1) is 10.4. The van der Waals surface area contributed by atoms with Gasteiger partial charge in [-0.05, 0) is 25.0 Å². The van der Waals surface area contributed by atoms with E-state index < -0.39 is 23.8 Å². The van der Waals surface area contributed by atoms with Gasteiger partial charge in [0, 0.05) is 12.0 Å². The molecule has 2 aromatic rings. The highest BCUT2D eigenvalue weighted by atomic mass is 19.4. The van der Waals surface area contributed by atoms with Crippen molar-refractivity contribution >= 4 is 5.97 Å². The van der Waals surface area contributed by atoms with Crippen molar-refractivity contribution in [1.29, 1.82) is 0 Å². The second-order valence-electron chi connectivity index (χ2n) is 5.13. The smallest absolute Gasteiger partial charge is 0.416 e. The van der Waals surface area contributed by atoms with Gasteiger partial charge in [0.05, 0.1) is 5.56 Å². The third-order valence-corrected chi connectivity index (χ3v) is 3.69. The molecule has 0 saturated carbocycles. The van der Waals surface area contributed by atoms with Crippen LogP contribution in [0.2, 0.25) is 0 Å². The number of aromatic nitrogens is 3. The molecular formula is C14H12F3N3O2. The minimum Gasteiger partial charge on any atom is -0.480 e. The Morgan fingerprint density at radius 3 is 2.77 bits per heavy atom. The number of carboxylic acid groups (broad SMARTS) is 1. The number of nitrogens with zero attached hydrogens (tertiary/aromatic N) is 3. The van der Waals surface area contributed by atoms with Crippen LogP contribution in [0.3, 0.4) is 0 Å². The SMILES string of the molecule is O=C(O)C1CCCc2nnc(-c3cccc(C(F)(F)F)c3)n21. The van der Waals surface area contributed by atoms with Gasteiger partial charge < -0.3 is 5.11 Å². The van der Waals surface area contributed by atoms with E-state index in [1.807, 2.05) is 0 Å². The molecule has 1 N–H and O–H groups in total. The molecule has 1 aliphatic rings. The molecule has 0 aliphatic carbocycles. The van der Waals surface area contributed by atoms with Crippen LogP contribution >= 0.6 is 0 Å². The van der Waals surface area contributed by atoms with Gasteiger partial charge in [0.1, 0.15) is 11.9 Å². The zero-order valence-corrected chi connectivity index (χ0v) is 11.3. The fourth-order valence-electron chi connectivity index (χ4n) is 2.67. The van der Waals surface area contributed by atoms with E-state index in [0.29, 0.717) is 25.1 Å². The van der Waals surface area contributed by atoms with E-state index in [0.717, 1.165) is 12.1 Å². The number of hydrogen-bond donors (Lipinski definition) is 1. The summed E-state index contributed by atoms with van der Waals surface area (Å²) in [6.45, 7) is 0. The van der Waals surface area contributed by atoms with Gasteiger partial charge in [-0.1, -0.05) is 12.1 Å². The highest BCUT2D eigenvalue weighted by Crippen LogP contribution is 2.34. The molecule has 0 fully saturated rings. The Morgan fingerprint density at radius 2 is 2.09 bits per heavy atom. The molecule has 8 heteroatoms. The van der Waals surface area contributed by atoms with E-state index in [4.69, 9.17) is 0 Å². The lowest BCUT2D eigenvalue weighted by atomic mass is 10.0. The van der Waals surface area contributed by atoms with Crippen molar-refractivity contribution in [2.75, 3.05) is 0 Å². The Kier molecular flexibility index (Phi) is 3.38. The van der Waals surface area contributed by atoms with E-state index in [-0.39, 0.29) is 11.4 Å². The van der Waals surface area contributed by atoms with Crippen molar-refractivity contribution < 1.29 is 23.1 Å². The Hall–Kier alpha value is -2.38. The lowest BCUT2D eigenvalue weighted by Crippen LogP contribution is -2.25. The van der Waals surface area contributed by atoms with Gasteiger partial charge in [0.2, 0.25) is 0 Å². The van der Waals surface area contributed by atoms with Crippen LogP contribution < -0.4 is 0 Å². The highest BCUT2D eigenvalue weighted by Gasteiger charge is 2.33. The number of rotatable bonds is 2. The molecule has 1 unspecified atom stereocenters. The average molecular weight is 311 g/mol. The Morgan fingerprint density at radius 1 is 1.32 bits per heavy atom. The molecule has 0 bridgehead atoms. The molecule has 1 aliphatic heterocycles.